The maximum Gasteiger partial charge on any atom is 0.222 e. The maximum absolute atomic E-state index is 13.0. The smallest absolute Gasteiger partial charge is 0.222 e. The maximum atomic E-state index is 13.0. The van der Waals surface area contributed by atoms with E-state index in [4.69, 9.17) is 0 Å². The van der Waals surface area contributed by atoms with Crippen molar-refractivity contribution in [3.05, 3.63) is 29.8 Å². The molecule has 1 heterocycles. The zero-order valence-electron chi connectivity index (χ0n) is 12.0. The third kappa shape index (κ3) is 3.72. The number of thioether (sulfide) groups is 1. The molecule has 0 N–H and O–H groups in total. The van der Waals surface area contributed by atoms with Crippen molar-refractivity contribution >= 4 is 17.7 Å². The number of halogens is 1. The highest BCUT2D eigenvalue weighted by Gasteiger charge is 2.31. The summed E-state index contributed by atoms with van der Waals surface area (Å²) in [6.45, 7) is 0. The van der Waals surface area contributed by atoms with E-state index in [2.05, 4.69) is 11.2 Å². The summed E-state index contributed by atoms with van der Waals surface area (Å²) in [7, 11) is 1.89. The summed E-state index contributed by atoms with van der Waals surface area (Å²) in [5.74, 6) is -0.207. The van der Waals surface area contributed by atoms with Crippen LogP contribution in [0.5, 0.6) is 0 Å². The average Bonchev–Trinajstić information content (AvgIpc) is 2.92. The van der Waals surface area contributed by atoms with Gasteiger partial charge in [-0.2, -0.15) is 11.8 Å². The van der Waals surface area contributed by atoms with Crippen molar-refractivity contribution in [3.8, 4) is 0 Å². The molecule has 0 aromatic carbocycles. The SMILES string of the molecule is CS[C@H]1CCC[C@@H]1N(C)C(=O)CCc1cncc(F)c1. The van der Waals surface area contributed by atoms with Gasteiger partial charge in [-0.3, -0.25) is 9.78 Å². The molecular formula is C15H21FN2OS. The van der Waals surface area contributed by atoms with Crippen molar-refractivity contribution in [3.63, 3.8) is 0 Å². The van der Waals surface area contributed by atoms with Crippen molar-refractivity contribution in [2.24, 2.45) is 0 Å². The number of carbonyl (C=O) groups is 1. The molecule has 2 rings (SSSR count). The first kappa shape index (κ1) is 15.3. The molecule has 2 atom stereocenters. The highest BCUT2D eigenvalue weighted by molar-refractivity contribution is 7.99. The van der Waals surface area contributed by atoms with E-state index < -0.39 is 0 Å². The van der Waals surface area contributed by atoms with Gasteiger partial charge >= 0.3 is 0 Å². The van der Waals surface area contributed by atoms with Gasteiger partial charge in [-0.1, -0.05) is 6.42 Å². The molecule has 0 radical (unpaired) electrons. The molecule has 0 bridgehead atoms. The fourth-order valence-corrected chi connectivity index (χ4v) is 3.86. The number of aromatic nitrogens is 1. The molecule has 1 amide bonds. The van der Waals surface area contributed by atoms with Crippen LogP contribution in [0, 0.1) is 5.82 Å². The molecule has 110 valence electrons. The van der Waals surface area contributed by atoms with Gasteiger partial charge in [0, 0.05) is 31.0 Å². The first-order valence-corrected chi connectivity index (χ1v) is 8.28. The van der Waals surface area contributed by atoms with E-state index in [1.165, 1.54) is 25.1 Å². The molecule has 1 aliphatic rings. The van der Waals surface area contributed by atoms with E-state index in [0.717, 1.165) is 12.0 Å². The molecule has 1 aliphatic carbocycles. The largest absolute Gasteiger partial charge is 0.342 e. The lowest BCUT2D eigenvalue weighted by molar-refractivity contribution is -0.131. The number of hydrogen-bond acceptors (Lipinski definition) is 3. The number of carbonyl (C=O) groups excluding carboxylic acids is 1. The van der Waals surface area contributed by atoms with Crippen LogP contribution in [0.25, 0.3) is 0 Å². The average molecular weight is 296 g/mol. The third-order valence-electron chi connectivity index (χ3n) is 4.00. The van der Waals surface area contributed by atoms with E-state index >= 15 is 0 Å². The highest BCUT2D eigenvalue weighted by Crippen LogP contribution is 2.31. The first-order valence-electron chi connectivity index (χ1n) is 6.99. The lowest BCUT2D eigenvalue weighted by Gasteiger charge is -2.29. The van der Waals surface area contributed by atoms with Crippen LogP contribution in [0.15, 0.2) is 18.5 Å². The summed E-state index contributed by atoms with van der Waals surface area (Å²) < 4.78 is 13.0. The minimum absolute atomic E-state index is 0.139. The van der Waals surface area contributed by atoms with Crippen molar-refractivity contribution in [2.75, 3.05) is 13.3 Å². The molecule has 0 saturated heterocycles. The van der Waals surface area contributed by atoms with Gasteiger partial charge in [0.25, 0.3) is 0 Å². The van der Waals surface area contributed by atoms with Crippen molar-refractivity contribution in [1.82, 2.24) is 9.88 Å². The molecule has 0 unspecified atom stereocenters. The fraction of sp³-hybridized carbons (Fsp3) is 0.600. The minimum Gasteiger partial charge on any atom is -0.342 e. The van der Waals surface area contributed by atoms with Crippen LogP contribution >= 0.6 is 11.8 Å². The van der Waals surface area contributed by atoms with E-state index in [0.29, 0.717) is 24.1 Å². The highest BCUT2D eigenvalue weighted by atomic mass is 32.2. The number of amides is 1. The van der Waals surface area contributed by atoms with Gasteiger partial charge < -0.3 is 4.90 Å². The number of hydrogen-bond donors (Lipinski definition) is 0. The topological polar surface area (TPSA) is 33.2 Å². The van der Waals surface area contributed by atoms with Crippen LogP contribution in [0.2, 0.25) is 0 Å². The Morgan fingerprint density at radius 3 is 3.00 bits per heavy atom. The molecule has 0 spiro atoms. The number of rotatable bonds is 5. The second-order valence-electron chi connectivity index (χ2n) is 5.29. The molecule has 5 heteroatoms. The van der Waals surface area contributed by atoms with E-state index in [9.17, 15) is 9.18 Å². The predicted octanol–water partition coefficient (Wildman–Crippen LogP) is 2.90. The summed E-state index contributed by atoms with van der Waals surface area (Å²) in [5, 5.41) is 0.555. The Hall–Kier alpha value is -1.10. The molecule has 1 saturated carbocycles. The van der Waals surface area contributed by atoms with Gasteiger partial charge in [0.05, 0.1) is 6.20 Å². The van der Waals surface area contributed by atoms with Crippen molar-refractivity contribution < 1.29 is 9.18 Å². The van der Waals surface area contributed by atoms with Crippen LogP contribution < -0.4 is 0 Å². The molecule has 3 nitrogen and oxygen atoms in total. The van der Waals surface area contributed by atoms with Gasteiger partial charge in [-0.25, -0.2) is 4.39 Å². The Labute approximate surface area is 124 Å². The first-order chi connectivity index (χ1) is 9.61. The van der Waals surface area contributed by atoms with Gasteiger partial charge in [-0.15, -0.1) is 0 Å². The van der Waals surface area contributed by atoms with Crippen LogP contribution in [-0.2, 0) is 11.2 Å². The molecule has 1 fully saturated rings. The second kappa shape index (κ2) is 7.07. The molecule has 0 aliphatic heterocycles. The summed E-state index contributed by atoms with van der Waals surface area (Å²) in [6, 6.07) is 1.80. The fourth-order valence-electron chi connectivity index (χ4n) is 2.83. The standard InChI is InChI=1S/C15H21FN2OS/c1-18(13-4-3-5-14(13)20-2)15(19)7-6-11-8-12(16)10-17-9-11/h8-10,13-14H,3-7H2,1-2H3/t13-,14-/m0/s1. The van der Waals surface area contributed by atoms with Crippen LogP contribution in [0.1, 0.15) is 31.2 Å². The normalized spacial score (nSPS) is 21.9. The van der Waals surface area contributed by atoms with Gasteiger partial charge in [-0.05, 0) is 37.1 Å². The Morgan fingerprint density at radius 1 is 1.50 bits per heavy atom. The third-order valence-corrected chi connectivity index (χ3v) is 5.16. The quantitative estimate of drug-likeness (QED) is 0.837. The number of pyridine rings is 1. The van der Waals surface area contributed by atoms with Crippen LogP contribution in [-0.4, -0.2) is 40.4 Å². The van der Waals surface area contributed by atoms with Gasteiger partial charge in [0.1, 0.15) is 5.82 Å². The van der Waals surface area contributed by atoms with Crippen LogP contribution in [0.4, 0.5) is 4.39 Å². The molecular weight excluding hydrogens is 275 g/mol. The van der Waals surface area contributed by atoms with Crippen LogP contribution in [0.3, 0.4) is 0 Å². The Morgan fingerprint density at radius 2 is 2.30 bits per heavy atom. The summed E-state index contributed by atoms with van der Waals surface area (Å²) in [4.78, 5) is 17.9. The van der Waals surface area contributed by atoms with E-state index in [1.54, 1.807) is 6.20 Å². The second-order valence-corrected chi connectivity index (χ2v) is 6.37. The summed E-state index contributed by atoms with van der Waals surface area (Å²) in [5.41, 5.74) is 0.777. The molecule has 1 aromatic heterocycles. The van der Waals surface area contributed by atoms with E-state index in [-0.39, 0.29) is 11.7 Å². The van der Waals surface area contributed by atoms with E-state index in [1.807, 2.05) is 23.7 Å². The van der Waals surface area contributed by atoms with Crippen molar-refractivity contribution in [2.45, 2.75) is 43.4 Å². The lowest BCUT2D eigenvalue weighted by Crippen LogP contribution is -2.40. The van der Waals surface area contributed by atoms with Gasteiger partial charge in [0.2, 0.25) is 5.91 Å². The zero-order valence-corrected chi connectivity index (χ0v) is 12.8. The molecule has 1 aromatic rings. The summed E-state index contributed by atoms with van der Waals surface area (Å²) in [6.07, 6.45) is 9.35. The monoisotopic (exact) mass is 296 g/mol. The Kier molecular flexibility index (Phi) is 5.40. The van der Waals surface area contributed by atoms with Gasteiger partial charge in [0.15, 0.2) is 0 Å². The van der Waals surface area contributed by atoms with Crippen molar-refractivity contribution in [1.29, 1.82) is 0 Å². The number of nitrogens with zero attached hydrogens (tertiary/aromatic N) is 2. The predicted molar refractivity (Wildman–Crippen MR) is 80.2 cm³/mol. The minimum atomic E-state index is -0.346. The zero-order chi connectivity index (χ0) is 14.5. The Bertz CT molecular complexity index is 469. The Balaban J connectivity index is 1.88. The molecule has 20 heavy (non-hydrogen) atoms. The number of aryl methyl sites for hydroxylation is 1. The summed E-state index contributed by atoms with van der Waals surface area (Å²) >= 11 is 1.85. The lowest BCUT2D eigenvalue weighted by atomic mass is 10.1.